The minimum Gasteiger partial charge on any atom is -0.330 e. The standard InChI is InChI=1S/C10H19N3S/c1-4-6-13-9(3)10(8(2)12-13)14-7-5-11/h4-7,11H2,1-3H3. The minimum atomic E-state index is 0.725. The molecule has 3 nitrogen and oxygen atoms in total. The largest absolute Gasteiger partial charge is 0.330 e. The van der Waals surface area contributed by atoms with Crippen LogP contribution in [0.1, 0.15) is 24.7 Å². The van der Waals surface area contributed by atoms with E-state index in [1.807, 2.05) is 11.8 Å². The lowest BCUT2D eigenvalue weighted by molar-refractivity contribution is 0.582. The molecule has 0 atom stereocenters. The Bertz CT molecular complexity index is 294. The van der Waals surface area contributed by atoms with Crippen molar-refractivity contribution in [1.29, 1.82) is 0 Å². The van der Waals surface area contributed by atoms with Crippen LogP contribution in [-0.4, -0.2) is 22.1 Å². The maximum Gasteiger partial charge on any atom is 0.0732 e. The lowest BCUT2D eigenvalue weighted by atomic mass is 10.4. The molecule has 1 aromatic rings. The van der Waals surface area contributed by atoms with Crippen LogP contribution in [0.15, 0.2) is 4.90 Å². The molecular formula is C10H19N3S. The van der Waals surface area contributed by atoms with Crippen molar-refractivity contribution >= 4 is 11.8 Å². The van der Waals surface area contributed by atoms with Crippen molar-refractivity contribution in [1.82, 2.24) is 9.78 Å². The Hall–Kier alpha value is -0.480. The zero-order chi connectivity index (χ0) is 10.6. The van der Waals surface area contributed by atoms with Crippen LogP contribution in [0.2, 0.25) is 0 Å². The Labute approximate surface area is 90.1 Å². The van der Waals surface area contributed by atoms with Crippen molar-refractivity contribution in [3.8, 4) is 0 Å². The molecule has 0 spiro atoms. The van der Waals surface area contributed by atoms with Gasteiger partial charge in [0.1, 0.15) is 0 Å². The van der Waals surface area contributed by atoms with Gasteiger partial charge < -0.3 is 5.73 Å². The molecule has 0 aliphatic rings. The zero-order valence-electron chi connectivity index (χ0n) is 9.21. The molecule has 0 unspecified atom stereocenters. The number of hydrogen-bond donors (Lipinski definition) is 1. The molecule has 0 radical (unpaired) electrons. The molecule has 4 heteroatoms. The van der Waals surface area contributed by atoms with Crippen molar-refractivity contribution in [2.75, 3.05) is 12.3 Å². The Balaban J connectivity index is 2.81. The van der Waals surface area contributed by atoms with Gasteiger partial charge in [-0.25, -0.2) is 0 Å². The van der Waals surface area contributed by atoms with E-state index in [0.29, 0.717) is 0 Å². The van der Waals surface area contributed by atoms with Crippen LogP contribution in [0.25, 0.3) is 0 Å². The van der Waals surface area contributed by atoms with Crippen molar-refractivity contribution in [2.45, 2.75) is 38.6 Å². The SMILES string of the molecule is CCCn1nc(C)c(SCCN)c1C. The van der Waals surface area contributed by atoms with Gasteiger partial charge in [-0.3, -0.25) is 4.68 Å². The van der Waals surface area contributed by atoms with Gasteiger partial charge in [-0.15, -0.1) is 11.8 Å². The fourth-order valence-electron chi connectivity index (χ4n) is 1.48. The number of aromatic nitrogens is 2. The summed E-state index contributed by atoms with van der Waals surface area (Å²) in [7, 11) is 0. The summed E-state index contributed by atoms with van der Waals surface area (Å²) in [5, 5.41) is 4.51. The minimum absolute atomic E-state index is 0.725. The van der Waals surface area contributed by atoms with E-state index in [4.69, 9.17) is 5.73 Å². The van der Waals surface area contributed by atoms with Crippen molar-refractivity contribution in [2.24, 2.45) is 5.73 Å². The van der Waals surface area contributed by atoms with Crippen LogP contribution in [0.5, 0.6) is 0 Å². The Morgan fingerprint density at radius 1 is 1.43 bits per heavy atom. The van der Waals surface area contributed by atoms with Crippen LogP contribution < -0.4 is 5.73 Å². The molecular weight excluding hydrogens is 194 g/mol. The fraction of sp³-hybridized carbons (Fsp3) is 0.700. The number of hydrogen-bond acceptors (Lipinski definition) is 3. The smallest absolute Gasteiger partial charge is 0.0732 e. The highest BCUT2D eigenvalue weighted by Crippen LogP contribution is 2.25. The molecule has 0 saturated heterocycles. The van der Waals surface area contributed by atoms with Crippen molar-refractivity contribution in [3.05, 3.63) is 11.4 Å². The van der Waals surface area contributed by atoms with E-state index in [0.717, 1.165) is 31.0 Å². The second kappa shape index (κ2) is 5.41. The molecule has 0 aliphatic carbocycles. The van der Waals surface area contributed by atoms with Crippen LogP contribution in [0.4, 0.5) is 0 Å². The van der Waals surface area contributed by atoms with E-state index >= 15 is 0 Å². The first-order valence-corrected chi connectivity index (χ1v) is 6.06. The van der Waals surface area contributed by atoms with Gasteiger partial charge in [0.15, 0.2) is 0 Å². The summed E-state index contributed by atoms with van der Waals surface area (Å²) in [5.41, 5.74) is 7.91. The van der Waals surface area contributed by atoms with Gasteiger partial charge in [-0.2, -0.15) is 5.10 Å². The molecule has 0 amide bonds. The van der Waals surface area contributed by atoms with Gasteiger partial charge in [-0.1, -0.05) is 6.92 Å². The van der Waals surface area contributed by atoms with Crippen LogP contribution in [-0.2, 0) is 6.54 Å². The number of nitrogens with zero attached hydrogens (tertiary/aromatic N) is 2. The molecule has 0 saturated carbocycles. The molecule has 1 rings (SSSR count). The fourth-order valence-corrected chi connectivity index (χ4v) is 2.37. The quantitative estimate of drug-likeness (QED) is 0.760. The molecule has 0 fully saturated rings. The van der Waals surface area contributed by atoms with Crippen LogP contribution in [0, 0.1) is 13.8 Å². The normalized spacial score (nSPS) is 10.9. The van der Waals surface area contributed by atoms with E-state index in [1.54, 1.807) is 0 Å². The lowest BCUT2D eigenvalue weighted by Crippen LogP contribution is -2.02. The molecule has 1 heterocycles. The Morgan fingerprint density at radius 2 is 2.14 bits per heavy atom. The third-order valence-electron chi connectivity index (χ3n) is 2.11. The van der Waals surface area contributed by atoms with Crippen molar-refractivity contribution < 1.29 is 0 Å². The highest BCUT2D eigenvalue weighted by atomic mass is 32.2. The number of aryl methyl sites for hydroxylation is 2. The van der Waals surface area contributed by atoms with Gasteiger partial charge in [0.05, 0.1) is 10.6 Å². The Kier molecular flexibility index (Phi) is 4.48. The average Bonchev–Trinajstić information content (AvgIpc) is 2.41. The Morgan fingerprint density at radius 3 is 2.71 bits per heavy atom. The lowest BCUT2D eigenvalue weighted by Gasteiger charge is -2.02. The van der Waals surface area contributed by atoms with Gasteiger partial charge in [0.25, 0.3) is 0 Å². The zero-order valence-corrected chi connectivity index (χ0v) is 10.0. The summed E-state index contributed by atoms with van der Waals surface area (Å²) >= 11 is 1.81. The molecule has 80 valence electrons. The van der Waals surface area contributed by atoms with Gasteiger partial charge in [0.2, 0.25) is 0 Å². The van der Waals surface area contributed by atoms with E-state index in [9.17, 15) is 0 Å². The maximum absolute atomic E-state index is 5.49. The van der Waals surface area contributed by atoms with Crippen LogP contribution in [0.3, 0.4) is 0 Å². The topological polar surface area (TPSA) is 43.8 Å². The molecule has 0 bridgehead atoms. The predicted octanol–water partition coefficient (Wildman–Crippen LogP) is 1.96. The monoisotopic (exact) mass is 213 g/mol. The second-order valence-electron chi connectivity index (χ2n) is 3.36. The summed E-state index contributed by atoms with van der Waals surface area (Å²) in [5.74, 6) is 0.972. The molecule has 1 aromatic heterocycles. The molecule has 0 aromatic carbocycles. The van der Waals surface area contributed by atoms with Gasteiger partial charge >= 0.3 is 0 Å². The number of rotatable bonds is 5. The highest BCUT2D eigenvalue weighted by Gasteiger charge is 2.10. The van der Waals surface area contributed by atoms with Crippen molar-refractivity contribution in [3.63, 3.8) is 0 Å². The summed E-state index contributed by atoms with van der Waals surface area (Å²) in [6.07, 6.45) is 1.13. The molecule has 0 aliphatic heterocycles. The van der Waals surface area contributed by atoms with Gasteiger partial charge in [0, 0.05) is 24.5 Å². The summed E-state index contributed by atoms with van der Waals surface area (Å²) in [6, 6.07) is 0. The third-order valence-corrected chi connectivity index (χ3v) is 3.43. The number of nitrogens with two attached hydrogens (primary N) is 1. The first-order chi connectivity index (χ1) is 6.70. The molecule has 14 heavy (non-hydrogen) atoms. The van der Waals surface area contributed by atoms with E-state index in [1.165, 1.54) is 10.6 Å². The maximum atomic E-state index is 5.49. The average molecular weight is 213 g/mol. The van der Waals surface area contributed by atoms with E-state index in [2.05, 4.69) is 30.6 Å². The highest BCUT2D eigenvalue weighted by molar-refractivity contribution is 7.99. The third kappa shape index (κ3) is 2.51. The summed E-state index contributed by atoms with van der Waals surface area (Å²) in [6.45, 7) is 8.11. The second-order valence-corrected chi connectivity index (χ2v) is 4.47. The van der Waals surface area contributed by atoms with E-state index in [-0.39, 0.29) is 0 Å². The first-order valence-electron chi connectivity index (χ1n) is 5.07. The van der Waals surface area contributed by atoms with Gasteiger partial charge in [-0.05, 0) is 20.3 Å². The summed E-state index contributed by atoms with van der Waals surface area (Å²) < 4.78 is 2.09. The summed E-state index contributed by atoms with van der Waals surface area (Å²) in [4.78, 5) is 1.31. The first kappa shape index (κ1) is 11.6. The molecule has 2 N–H and O–H groups in total. The predicted molar refractivity (Wildman–Crippen MR) is 61.8 cm³/mol. The number of thioether (sulfide) groups is 1. The van der Waals surface area contributed by atoms with Crippen LogP contribution >= 0.6 is 11.8 Å². The van der Waals surface area contributed by atoms with E-state index < -0.39 is 0 Å².